The van der Waals surface area contributed by atoms with E-state index in [2.05, 4.69) is 10.3 Å². The molecule has 0 radical (unpaired) electrons. The molecule has 0 N–H and O–H groups in total. The zero-order valence-corrected chi connectivity index (χ0v) is 17.4. The second-order valence-electron chi connectivity index (χ2n) is 7.11. The van der Waals surface area contributed by atoms with Gasteiger partial charge >= 0.3 is 0 Å². The van der Waals surface area contributed by atoms with Gasteiger partial charge in [0.2, 0.25) is 0 Å². The number of methoxy groups -OCH3 is 2. The molecule has 0 bridgehead atoms. The molecule has 0 fully saturated rings. The Bertz CT molecular complexity index is 1310. The van der Waals surface area contributed by atoms with E-state index in [9.17, 15) is 9.59 Å². The molecule has 1 aliphatic heterocycles. The van der Waals surface area contributed by atoms with Crippen LogP contribution in [0.2, 0.25) is 0 Å². The van der Waals surface area contributed by atoms with Gasteiger partial charge in [0.05, 0.1) is 48.6 Å². The molecule has 5 rings (SSSR count). The van der Waals surface area contributed by atoms with E-state index in [1.807, 2.05) is 18.2 Å². The topological polar surface area (TPSA) is 86.6 Å². The van der Waals surface area contributed by atoms with Crippen LogP contribution in [-0.4, -0.2) is 41.0 Å². The van der Waals surface area contributed by atoms with Crippen molar-refractivity contribution in [2.24, 2.45) is 0 Å². The molecule has 2 amide bonds. The van der Waals surface area contributed by atoms with Crippen LogP contribution in [0.1, 0.15) is 20.7 Å². The maximum atomic E-state index is 12.7. The van der Waals surface area contributed by atoms with Crippen molar-refractivity contribution in [1.29, 1.82) is 0 Å². The molecule has 3 aromatic carbocycles. The van der Waals surface area contributed by atoms with Crippen molar-refractivity contribution in [2.75, 3.05) is 19.1 Å². The third-order valence-corrected chi connectivity index (χ3v) is 5.38. The number of anilines is 1. The molecule has 0 saturated heterocycles. The van der Waals surface area contributed by atoms with Crippen LogP contribution in [0.5, 0.6) is 11.5 Å². The zero-order chi connectivity index (χ0) is 22.2. The average molecular weight is 426 g/mol. The number of carbonyl (C=O) groups is 2. The lowest BCUT2D eigenvalue weighted by atomic mass is 10.1. The molecule has 1 aliphatic rings. The normalized spacial score (nSPS) is 12.8. The van der Waals surface area contributed by atoms with Crippen molar-refractivity contribution < 1.29 is 19.1 Å². The minimum absolute atomic E-state index is 0.329. The fourth-order valence-electron chi connectivity index (χ4n) is 3.78. The van der Waals surface area contributed by atoms with Crippen molar-refractivity contribution in [2.45, 2.75) is 0 Å². The molecule has 0 saturated carbocycles. The van der Waals surface area contributed by atoms with Crippen LogP contribution in [0.25, 0.3) is 16.9 Å². The van der Waals surface area contributed by atoms with Crippen LogP contribution in [0.3, 0.4) is 0 Å². The lowest BCUT2D eigenvalue weighted by Gasteiger charge is -2.15. The van der Waals surface area contributed by atoms with Crippen LogP contribution in [0.15, 0.2) is 72.9 Å². The highest BCUT2D eigenvalue weighted by molar-refractivity contribution is 6.34. The molecule has 8 heteroatoms. The van der Waals surface area contributed by atoms with Crippen molar-refractivity contribution in [3.8, 4) is 28.4 Å². The summed E-state index contributed by atoms with van der Waals surface area (Å²) in [6.07, 6.45) is 1.65. The van der Waals surface area contributed by atoms with Gasteiger partial charge in [-0.05, 0) is 54.6 Å². The molecule has 0 atom stereocenters. The van der Waals surface area contributed by atoms with Crippen molar-refractivity contribution >= 4 is 17.5 Å². The number of rotatable bonds is 5. The Morgan fingerprint density at radius 1 is 0.750 bits per heavy atom. The summed E-state index contributed by atoms with van der Waals surface area (Å²) in [5.41, 5.74) is 3.64. The Kier molecular flexibility index (Phi) is 4.67. The maximum absolute atomic E-state index is 12.7. The van der Waals surface area contributed by atoms with Gasteiger partial charge in [0.1, 0.15) is 0 Å². The highest BCUT2D eigenvalue weighted by Gasteiger charge is 2.36. The Labute approximate surface area is 183 Å². The third kappa shape index (κ3) is 3.01. The Morgan fingerprint density at radius 2 is 1.38 bits per heavy atom. The number of hydrogen-bond donors (Lipinski definition) is 0. The predicted molar refractivity (Wildman–Crippen MR) is 117 cm³/mol. The molecule has 4 aromatic rings. The van der Waals surface area contributed by atoms with E-state index in [0.29, 0.717) is 28.3 Å². The summed E-state index contributed by atoms with van der Waals surface area (Å²) in [6, 6.07) is 19.4. The average Bonchev–Trinajstić information content (AvgIpc) is 3.42. The van der Waals surface area contributed by atoms with Crippen molar-refractivity contribution in [3.63, 3.8) is 0 Å². The second-order valence-corrected chi connectivity index (χ2v) is 7.11. The molecule has 1 aromatic heterocycles. The van der Waals surface area contributed by atoms with E-state index < -0.39 is 0 Å². The van der Waals surface area contributed by atoms with Crippen LogP contribution in [-0.2, 0) is 0 Å². The van der Waals surface area contributed by atoms with Crippen LogP contribution in [0, 0.1) is 0 Å². The lowest BCUT2D eigenvalue weighted by molar-refractivity contribution is 0.0926. The van der Waals surface area contributed by atoms with E-state index in [1.165, 1.54) is 4.90 Å². The second kappa shape index (κ2) is 7.66. The molecular formula is C24H18N4O4. The van der Waals surface area contributed by atoms with Gasteiger partial charge in [-0.1, -0.05) is 17.3 Å². The summed E-state index contributed by atoms with van der Waals surface area (Å²) in [5.74, 6) is 0.564. The number of imide groups is 1. The van der Waals surface area contributed by atoms with Gasteiger partial charge in [-0.2, -0.15) is 0 Å². The summed E-state index contributed by atoms with van der Waals surface area (Å²) in [5, 5.41) is 8.24. The molecule has 8 nitrogen and oxygen atoms in total. The number of aromatic nitrogens is 3. The molecule has 2 heterocycles. The lowest BCUT2D eigenvalue weighted by Crippen LogP contribution is -2.29. The van der Waals surface area contributed by atoms with Crippen LogP contribution >= 0.6 is 0 Å². The van der Waals surface area contributed by atoms with Gasteiger partial charge in [0, 0.05) is 5.56 Å². The first kappa shape index (κ1) is 19.5. The Hall–Kier alpha value is -4.46. The molecule has 0 unspecified atom stereocenters. The first-order chi connectivity index (χ1) is 15.6. The number of benzene rings is 3. The first-order valence-corrected chi connectivity index (χ1v) is 9.83. The van der Waals surface area contributed by atoms with Gasteiger partial charge in [-0.25, -0.2) is 9.58 Å². The highest BCUT2D eigenvalue weighted by atomic mass is 16.5. The van der Waals surface area contributed by atoms with E-state index in [1.54, 1.807) is 73.6 Å². The number of carbonyl (C=O) groups excluding carboxylic acids is 2. The summed E-state index contributed by atoms with van der Waals surface area (Å²) < 4.78 is 12.4. The fraction of sp³-hybridized carbons (Fsp3) is 0.0833. The molecule has 158 valence electrons. The number of ether oxygens (including phenoxy) is 2. The highest BCUT2D eigenvalue weighted by Crippen LogP contribution is 2.33. The van der Waals surface area contributed by atoms with E-state index in [4.69, 9.17) is 9.47 Å². The number of hydrogen-bond acceptors (Lipinski definition) is 6. The Balaban J connectivity index is 1.48. The molecule has 0 aliphatic carbocycles. The van der Waals surface area contributed by atoms with Gasteiger partial charge in [0.15, 0.2) is 11.5 Å². The monoisotopic (exact) mass is 426 g/mol. The van der Waals surface area contributed by atoms with E-state index in [0.717, 1.165) is 16.9 Å². The quantitative estimate of drug-likeness (QED) is 0.452. The predicted octanol–water partition coefficient (Wildman–Crippen LogP) is 3.75. The standard InChI is InChI=1S/C24H18N4O4/c1-31-21-12-7-15(13-22(21)32-2)20-14-25-26-28(20)17-10-8-16(9-11-17)27-23(29)18-5-3-4-6-19(18)24(27)30/h3-14H,1-2H3. The van der Waals surface area contributed by atoms with Crippen molar-refractivity contribution in [1.82, 2.24) is 15.0 Å². The van der Waals surface area contributed by atoms with Gasteiger partial charge in [-0.3, -0.25) is 9.59 Å². The maximum Gasteiger partial charge on any atom is 0.266 e. The summed E-state index contributed by atoms with van der Waals surface area (Å²) in [4.78, 5) is 26.6. The van der Waals surface area contributed by atoms with E-state index in [-0.39, 0.29) is 11.8 Å². The number of amides is 2. The minimum atomic E-state index is -0.329. The van der Waals surface area contributed by atoms with Crippen molar-refractivity contribution in [3.05, 3.63) is 84.1 Å². The smallest absolute Gasteiger partial charge is 0.266 e. The van der Waals surface area contributed by atoms with Gasteiger partial charge < -0.3 is 9.47 Å². The minimum Gasteiger partial charge on any atom is -0.493 e. The van der Waals surface area contributed by atoms with Gasteiger partial charge in [0.25, 0.3) is 11.8 Å². The van der Waals surface area contributed by atoms with E-state index >= 15 is 0 Å². The number of fused-ring (bicyclic) bond motifs is 1. The molecular weight excluding hydrogens is 408 g/mol. The third-order valence-electron chi connectivity index (χ3n) is 5.38. The fourth-order valence-corrected chi connectivity index (χ4v) is 3.78. The summed E-state index contributed by atoms with van der Waals surface area (Å²) in [6.45, 7) is 0. The van der Waals surface area contributed by atoms with Crippen LogP contribution in [0.4, 0.5) is 5.69 Å². The van der Waals surface area contributed by atoms with Crippen LogP contribution < -0.4 is 14.4 Å². The molecule has 32 heavy (non-hydrogen) atoms. The zero-order valence-electron chi connectivity index (χ0n) is 17.4. The van der Waals surface area contributed by atoms with Gasteiger partial charge in [-0.15, -0.1) is 5.10 Å². The number of nitrogens with zero attached hydrogens (tertiary/aromatic N) is 4. The molecule has 0 spiro atoms. The first-order valence-electron chi connectivity index (χ1n) is 9.83. The summed E-state index contributed by atoms with van der Waals surface area (Å²) in [7, 11) is 3.16. The largest absolute Gasteiger partial charge is 0.493 e. The SMILES string of the molecule is COc1ccc(-c2cnnn2-c2ccc(N3C(=O)c4ccccc4C3=O)cc2)cc1OC. The Morgan fingerprint density at radius 3 is 2.00 bits per heavy atom. The summed E-state index contributed by atoms with van der Waals surface area (Å²) >= 11 is 0.